The Bertz CT molecular complexity index is 537. The van der Waals surface area contributed by atoms with E-state index in [1.807, 2.05) is 18.2 Å². The maximum absolute atomic E-state index is 12.6. The number of anilines is 1. The Kier molecular flexibility index (Phi) is 5.44. The first-order valence-electron chi connectivity index (χ1n) is 8.68. The smallest absolute Gasteiger partial charge is 0.239 e. The second kappa shape index (κ2) is 7.54. The van der Waals surface area contributed by atoms with Crippen LogP contribution in [0.5, 0.6) is 0 Å². The zero-order valence-electron chi connectivity index (χ0n) is 13.9. The number of carbonyl (C=O) groups excluding carboxylic acids is 1. The van der Waals surface area contributed by atoms with Gasteiger partial charge in [-0.25, -0.2) is 0 Å². The van der Waals surface area contributed by atoms with Crippen LogP contribution in [0, 0.1) is 0 Å². The lowest BCUT2D eigenvalue weighted by Gasteiger charge is -2.40. The minimum atomic E-state index is -0.00499. The Hall–Kier alpha value is -1.26. The highest BCUT2D eigenvalue weighted by Crippen LogP contribution is 2.21. The average molecular weight is 336 g/mol. The highest BCUT2D eigenvalue weighted by Gasteiger charge is 2.29. The minimum absolute atomic E-state index is 0.00499. The van der Waals surface area contributed by atoms with E-state index in [0.717, 1.165) is 57.1 Å². The first-order chi connectivity index (χ1) is 11.1. The molecule has 2 saturated heterocycles. The van der Waals surface area contributed by atoms with Crippen LogP contribution >= 0.6 is 11.6 Å². The molecular weight excluding hydrogens is 310 g/mol. The van der Waals surface area contributed by atoms with E-state index in [9.17, 15) is 4.79 Å². The number of nitrogens with zero attached hydrogens (tertiary/aromatic N) is 3. The summed E-state index contributed by atoms with van der Waals surface area (Å²) < 4.78 is 0. The molecule has 1 unspecified atom stereocenters. The fraction of sp³-hybridized carbons (Fsp3) is 0.611. The third-order valence-corrected chi connectivity index (χ3v) is 5.30. The molecule has 126 valence electrons. The number of carbonyl (C=O) groups is 1. The molecular formula is C18H26ClN3O. The zero-order chi connectivity index (χ0) is 16.2. The molecule has 0 aromatic heterocycles. The standard InChI is InChI=1S/C18H26ClN3O/c1-15(18(23)22-8-3-2-4-9-22)20-10-12-21(13-11-20)17-7-5-6-16(19)14-17/h5-7,14-15H,2-4,8-13H2,1H3. The number of rotatable bonds is 3. The van der Waals surface area contributed by atoms with Crippen LogP contribution < -0.4 is 4.90 Å². The normalized spacial score (nSPS) is 21.3. The van der Waals surface area contributed by atoms with E-state index in [-0.39, 0.29) is 6.04 Å². The second-order valence-corrected chi connectivity index (χ2v) is 7.00. The molecule has 0 spiro atoms. The lowest BCUT2D eigenvalue weighted by Crippen LogP contribution is -2.55. The van der Waals surface area contributed by atoms with Gasteiger partial charge in [-0.3, -0.25) is 9.69 Å². The summed E-state index contributed by atoms with van der Waals surface area (Å²) in [6.07, 6.45) is 3.57. The number of halogens is 1. The van der Waals surface area contributed by atoms with E-state index < -0.39 is 0 Å². The molecule has 0 N–H and O–H groups in total. The molecule has 3 rings (SSSR count). The third kappa shape index (κ3) is 3.99. The molecule has 1 aromatic carbocycles. The molecule has 4 nitrogen and oxygen atoms in total. The molecule has 2 fully saturated rings. The molecule has 5 heteroatoms. The topological polar surface area (TPSA) is 26.8 Å². The molecule has 1 aromatic rings. The Balaban J connectivity index is 1.54. The fourth-order valence-electron chi connectivity index (χ4n) is 3.57. The van der Waals surface area contributed by atoms with Gasteiger partial charge in [0.05, 0.1) is 6.04 Å². The number of likely N-dealkylation sites (tertiary alicyclic amines) is 1. The predicted molar refractivity (Wildman–Crippen MR) is 95.1 cm³/mol. The summed E-state index contributed by atoms with van der Waals surface area (Å²) in [4.78, 5) is 19.4. The summed E-state index contributed by atoms with van der Waals surface area (Å²) in [6, 6.07) is 8.01. The van der Waals surface area contributed by atoms with Crippen molar-refractivity contribution in [2.75, 3.05) is 44.2 Å². The Morgan fingerprint density at radius 3 is 2.39 bits per heavy atom. The predicted octanol–water partition coefficient (Wildman–Crippen LogP) is 2.86. The van der Waals surface area contributed by atoms with Crippen LogP contribution in [0.15, 0.2) is 24.3 Å². The van der Waals surface area contributed by atoms with Gasteiger partial charge in [-0.15, -0.1) is 0 Å². The van der Waals surface area contributed by atoms with Crippen LogP contribution in [-0.2, 0) is 4.79 Å². The Labute approximate surface area is 144 Å². The van der Waals surface area contributed by atoms with E-state index in [4.69, 9.17) is 11.6 Å². The number of piperazine rings is 1. The number of hydrogen-bond acceptors (Lipinski definition) is 3. The van der Waals surface area contributed by atoms with Crippen LogP contribution in [-0.4, -0.2) is 61.0 Å². The molecule has 2 heterocycles. The molecule has 2 aliphatic rings. The van der Waals surface area contributed by atoms with Gasteiger partial charge in [-0.1, -0.05) is 17.7 Å². The fourth-order valence-corrected chi connectivity index (χ4v) is 3.76. The van der Waals surface area contributed by atoms with Crippen molar-refractivity contribution in [2.45, 2.75) is 32.2 Å². The van der Waals surface area contributed by atoms with Gasteiger partial charge in [0.2, 0.25) is 5.91 Å². The van der Waals surface area contributed by atoms with Crippen LogP contribution in [0.1, 0.15) is 26.2 Å². The molecule has 0 radical (unpaired) electrons. The number of amides is 1. The quantitative estimate of drug-likeness (QED) is 0.850. The first kappa shape index (κ1) is 16.6. The summed E-state index contributed by atoms with van der Waals surface area (Å²) in [5.74, 6) is 0.306. The highest BCUT2D eigenvalue weighted by molar-refractivity contribution is 6.30. The molecule has 2 aliphatic heterocycles. The Morgan fingerprint density at radius 1 is 1.04 bits per heavy atom. The summed E-state index contributed by atoms with van der Waals surface area (Å²) in [5, 5.41) is 0.776. The van der Waals surface area contributed by atoms with Crippen LogP contribution in [0.3, 0.4) is 0 Å². The lowest BCUT2D eigenvalue weighted by molar-refractivity contribution is -0.137. The van der Waals surface area contributed by atoms with Gasteiger partial charge in [0.15, 0.2) is 0 Å². The van der Waals surface area contributed by atoms with E-state index in [1.165, 1.54) is 12.1 Å². The monoisotopic (exact) mass is 335 g/mol. The van der Waals surface area contributed by atoms with Crippen LogP contribution in [0.2, 0.25) is 5.02 Å². The zero-order valence-corrected chi connectivity index (χ0v) is 14.6. The van der Waals surface area contributed by atoms with Gasteiger partial charge >= 0.3 is 0 Å². The summed E-state index contributed by atoms with van der Waals surface area (Å²) >= 11 is 6.08. The van der Waals surface area contributed by atoms with E-state index in [2.05, 4.69) is 27.7 Å². The van der Waals surface area contributed by atoms with Gasteiger partial charge in [-0.05, 0) is 44.4 Å². The SMILES string of the molecule is CC(C(=O)N1CCCCC1)N1CCN(c2cccc(Cl)c2)CC1. The van der Waals surface area contributed by atoms with Crippen molar-refractivity contribution < 1.29 is 4.79 Å². The molecule has 1 amide bonds. The van der Waals surface area contributed by atoms with E-state index >= 15 is 0 Å². The van der Waals surface area contributed by atoms with Gasteiger partial charge in [0.1, 0.15) is 0 Å². The Morgan fingerprint density at radius 2 is 1.74 bits per heavy atom. The van der Waals surface area contributed by atoms with Crippen molar-refractivity contribution in [1.29, 1.82) is 0 Å². The first-order valence-corrected chi connectivity index (χ1v) is 9.06. The average Bonchev–Trinajstić information content (AvgIpc) is 2.61. The summed E-state index contributed by atoms with van der Waals surface area (Å²) in [6.45, 7) is 7.67. The van der Waals surface area contributed by atoms with Crippen molar-refractivity contribution >= 4 is 23.2 Å². The second-order valence-electron chi connectivity index (χ2n) is 6.56. The van der Waals surface area contributed by atoms with Crippen molar-refractivity contribution in [1.82, 2.24) is 9.80 Å². The lowest BCUT2D eigenvalue weighted by atomic mass is 10.1. The third-order valence-electron chi connectivity index (χ3n) is 5.06. The summed E-state index contributed by atoms with van der Waals surface area (Å²) in [5.41, 5.74) is 1.17. The molecule has 0 aliphatic carbocycles. The number of benzene rings is 1. The van der Waals surface area contributed by atoms with E-state index in [0.29, 0.717) is 5.91 Å². The van der Waals surface area contributed by atoms with Crippen molar-refractivity contribution in [2.24, 2.45) is 0 Å². The van der Waals surface area contributed by atoms with E-state index in [1.54, 1.807) is 0 Å². The number of piperidine rings is 1. The van der Waals surface area contributed by atoms with Gasteiger partial charge in [0, 0.05) is 50.0 Å². The van der Waals surface area contributed by atoms with Gasteiger partial charge in [-0.2, -0.15) is 0 Å². The van der Waals surface area contributed by atoms with Gasteiger partial charge in [0.25, 0.3) is 0 Å². The maximum atomic E-state index is 12.6. The summed E-state index contributed by atoms with van der Waals surface area (Å²) in [7, 11) is 0. The van der Waals surface area contributed by atoms with Gasteiger partial charge < -0.3 is 9.80 Å². The van der Waals surface area contributed by atoms with Crippen LogP contribution in [0.4, 0.5) is 5.69 Å². The highest BCUT2D eigenvalue weighted by atomic mass is 35.5. The molecule has 0 saturated carbocycles. The van der Waals surface area contributed by atoms with Crippen molar-refractivity contribution in [3.63, 3.8) is 0 Å². The molecule has 23 heavy (non-hydrogen) atoms. The van der Waals surface area contributed by atoms with Crippen LogP contribution in [0.25, 0.3) is 0 Å². The van der Waals surface area contributed by atoms with Crippen molar-refractivity contribution in [3.05, 3.63) is 29.3 Å². The van der Waals surface area contributed by atoms with Crippen molar-refractivity contribution in [3.8, 4) is 0 Å². The molecule has 0 bridgehead atoms. The minimum Gasteiger partial charge on any atom is -0.369 e. The largest absolute Gasteiger partial charge is 0.369 e. The molecule has 1 atom stereocenters. The number of hydrogen-bond donors (Lipinski definition) is 0. The maximum Gasteiger partial charge on any atom is 0.239 e.